The molecule has 8 nitrogen and oxygen atoms in total. The third-order valence-corrected chi connectivity index (χ3v) is 8.30. The number of fused-ring (bicyclic) bond motifs is 1. The number of benzene rings is 3. The SMILES string of the molecule is O=S(=O)(c1ccc2c(c1)OCCO2)c1nc(-c2cccc(Cl)c2)oc1N1CCN(c2ccccc2)CC1. The Morgan fingerprint density at radius 2 is 1.51 bits per heavy atom. The van der Waals surface area contributed by atoms with Crippen molar-refractivity contribution < 1.29 is 22.3 Å². The molecule has 190 valence electrons. The Kier molecular flexibility index (Phi) is 6.18. The van der Waals surface area contributed by atoms with Gasteiger partial charge in [0, 0.05) is 48.5 Å². The quantitative estimate of drug-likeness (QED) is 0.354. The van der Waals surface area contributed by atoms with Gasteiger partial charge in [0.25, 0.3) is 0 Å². The molecule has 0 amide bonds. The Bertz CT molecular complexity index is 1530. The molecule has 37 heavy (non-hydrogen) atoms. The standard InChI is InChI=1S/C27H24ClN3O5S/c28-20-6-4-5-19(17-20)25-29-26(37(32,33)22-9-10-23-24(18-22)35-16-15-34-23)27(36-25)31-13-11-30(12-14-31)21-7-2-1-3-8-21/h1-10,17-18H,11-16H2. The first-order valence-corrected chi connectivity index (χ1v) is 13.8. The van der Waals surface area contributed by atoms with Gasteiger partial charge in [0.1, 0.15) is 13.2 Å². The average Bonchev–Trinajstić information content (AvgIpc) is 3.40. The van der Waals surface area contributed by atoms with Gasteiger partial charge in [0.15, 0.2) is 11.5 Å². The average molecular weight is 538 g/mol. The number of oxazole rings is 1. The number of ether oxygens (including phenoxy) is 2. The lowest BCUT2D eigenvalue weighted by Crippen LogP contribution is -2.46. The molecule has 0 atom stereocenters. The minimum Gasteiger partial charge on any atom is -0.486 e. The van der Waals surface area contributed by atoms with Crippen LogP contribution in [0.15, 0.2) is 87.1 Å². The molecule has 10 heteroatoms. The minimum absolute atomic E-state index is 0.0619. The second-order valence-electron chi connectivity index (χ2n) is 8.76. The number of para-hydroxylation sites is 1. The van der Waals surface area contributed by atoms with Crippen molar-refractivity contribution in [1.29, 1.82) is 0 Å². The van der Waals surface area contributed by atoms with E-state index in [1.54, 1.807) is 30.3 Å². The number of halogens is 1. The maximum absolute atomic E-state index is 13.9. The summed E-state index contributed by atoms with van der Waals surface area (Å²) in [4.78, 5) is 8.75. The predicted molar refractivity (Wildman–Crippen MR) is 141 cm³/mol. The molecule has 0 radical (unpaired) electrons. The zero-order chi connectivity index (χ0) is 25.4. The van der Waals surface area contributed by atoms with E-state index in [0.29, 0.717) is 61.5 Å². The molecule has 0 aliphatic carbocycles. The van der Waals surface area contributed by atoms with Crippen LogP contribution in [0.1, 0.15) is 0 Å². The molecule has 1 aromatic heterocycles. The molecule has 1 fully saturated rings. The van der Waals surface area contributed by atoms with E-state index in [1.807, 2.05) is 23.1 Å². The van der Waals surface area contributed by atoms with Gasteiger partial charge in [0.05, 0.1) is 4.90 Å². The van der Waals surface area contributed by atoms with Crippen molar-refractivity contribution in [3.63, 3.8) is 0 Å². The highest BCUT2D eigenvalue weighted by Gasteiger charge is 2.34. The van der Waals surface area contributed by atoms with Gasteiger partial charge in [-0.1, -0.05) is 35.9 Å². The van der Waals surface area contributed by atoms with Gasteiger partial charge < -0.3 is 23.7 Å². The summed E-state index contributed by atoms with van der Waals surface area (Å²) in [6.45, 7) is 3.34. The first-order valence-electron chi connectivity index (χ1n) is 12.0. The highest BCUT2D eigenvalue weighted by atomic mass is 35.5. The van der Waals surface area contributed by atoms with E-state index in [1.165, 1.54) is 12.1 Å². The summed E-state index contributed by atoms with van der Waals surface area (Å²) >= 11 is 6.19. The van der Waals surface area contributed by atoms with Crippen molar-refractivity contribution in [3.05, 3.63) is 77.8 Å². The van der Waals surface area contributed by atoms with Gasteiger partial charge in [-0.3, -0.25) is 0 Å². The van der Waals surface area contributed by atoms with Crippen LogP contribution in [-0.2, 0) is 9.84 Å². The Morgan fingerprint density at radius 3 is 2.27 bits per heavy atom. The van der Waals surface area contributed by atoms with Gasteiger partial charge in [0.2, 0.25) is 26.6 Å². The maximum atomic E-state index is 13.9. The summed E-state index contributed by atoms with van der Waals surface area (Å²) in [6.07, 6.45) is 0. The number of nitrogens with zero attached hydrogens (tertiary/aromatic N) is 3. The van der Waals surface area contributed by atoms with Crippen molar-refractivity contribution in [3.8, 4) is 23.0 Å². The molecule has 0 saturated carbocycles. The van der Waals surface area contributed by atoms with E-state index in [2.05, 4.69) is 22.0 Å². The van der Waals surface area contributed by atoms with E-state index in [0.717, 1.165) is 5.69 Å². The number of hydrogen-bond donors (Lipinski definition) is 0. The smallest absolute Gasteiger partial charge is 0.236 e. The fourth-order valence-electron chi connectivity index (χ4n) is 4.53. The summed E-state index contributed by atoms with van der Waals surface area (Å²) in [7, 11) is -4.04. The summed E-state index contributed by atoms with van der Waals surface area (Å²) < 4.78 is 45.1. The van der Waals surface area contributed by atoms with E-state index in [4.69, 9.17) is 25.5 Å². The number of rotatable bonds is 5. The van der Waals surface area contributed by atoms with Gasteiger partial charge in [-0.15, -0.1) is 0 Å². The molecule has 1 saturated heterocycles. The fraction of sp³-hybridized carbons (Fsp3) is 0.222. The van der Waals surface area contributed by atoms with Crippen LogP contribution in [-0.4, -0.2) is 52.8 Å². The molecule has 2 aliphatic heterocycles. The normalized spacial score (nSPS) is 15.6. The van der Waals surface area contributed by atoms with E-state index >= 15 is 0 Å². The van der Waals surface area contributed by atoms with E-state index in [9.17, 15) is 8.42 Å². The molecule has 0 spiro atoms. The lowest BCUT2D eigenvalue weighted by Gasteiger charge is -2.36. The highest BCUT2D eigenvalue weighted by Crippen LogP contribution is 2.39. The van der Waals surface area contributed by atoms with Crippen LogP contribution in [0.2, 0.25) is 5.02 Å². The molecule has 0 N–H and O–H groups in total. The van der Waals surface area contributed by atoms with Crippen LogP contribution < -0.4 is 19.3 Å². The van der Waals surface area contributed by atoms with Crippen molar-refractivity contribution in [2.45, 2.75) is 9.92 Å². The van der Waals surface area contributed by atoms with Crippen molar-refractivity contribution in [2.24, 2.45) is 0 Å². The Hall–Kier alpha value is -3.69. The number of aromatic nitrogens is 1. The molecular formula is C27H24ClN3O5S. The van der Waals surface area contributed by atoms with E-state index in [-0.39, 0.29) is 21.7 Å². The van der Waals surface area contributed by atoms with Gasteiger partial charge in [-0.05, 0) is 42.5 Å². The third-order valence-electron chi connectivity index (χ3n) is 6.42. The number of piperazine rings is 1. The summed E-state index contributed by atoms with van der Waals surface area (Å²) in [6, 6.07) is 21.7. The van der Waals surface area contributed by atoms with Crippen LogP contribution in [0.25, 0.3) is 11.5 Å². The Balaban J connectivity index is 1.38. The lowest BCUT2D eigenvalue weighted by atomic mass is 10.2. The molecule has 6 rings (SSSR count). The summed E-state index contributed by atoms with van der Waals surface area (Å²) in [5.41, 5.74) is 1.73. The van der Waals surface area contributed by atoms with Crippen molar-refractivity contribution in [1.82, 2.24) is 4.98 Å². The molecule has 2 aliphatic rings. The summed E-state index contributed by atoms with van der Waals surface area (Å²) in [5.74, 6) is 1.32. The van der Waals surface area contributed by atoms with Crippen LogP contribution in [0.4, 0.5) is 11.6 Å². The highest BCUT2D eigenvalue weighted by molar-refractivity contribution is 7.91. The fourth-order valence-corrected chi connectivity index (χ4v) is 6.05. The first kappa shape index (κ1) is 23.7. The number of sulfone groups is 1. The van der Waals surface area contributed by atoms with Crippen LogP contribution in [0.3, 0.4) is 0 Å². The zero-order valence-corrected chi connectivity index (χ0v) is 21.4. The third kappa shape index (κ3) is 4.60. The van der Waals surface area contributed by atoms with Crippen LogP contribution in [0.5, 0.6) is 11.5 Å². The van der Waals surface area contributed by atoms with E-state index < -0.39 is 9.84 Å². The monoisotopic (exact) mass is 537 g/mol. The predicted octanol–water partition coefficient (Wildman–Crippen LogP) is 4.93. The first-order chi connectivity index (χ1) is 18.0. The lowest BCUT2D eigenvalue weighted by molar-refractivity contribution is 0.171. The van der Waals surface area contributed by atoms with Crippen molar-refractivity contribution in [2.75, 3.05) is 49.2 Å². The second kappa shape index (κ2) is 9.64. The van der Waals surface area contributed by atoms with Gasteiger partial charge in [-0.2, -0.15) is 4.98 Å². The molecule has 3 heterocycles. The Morgan fingerprint density at radius 1 is 0.784 bits per heavy atom. The van der Waals surface area contributed by atoms with Gasteiger partial charge >= 0.3 is 0 Å². The molecule has 4 aromatic rings. The topological polar surface area (TPSA) is 85.1 Å². The van der Waals surface area contributed by atoms with Crippen molar-refractivity contribution >= 4 is 33.0 Å². The molecule has 0 bridgehead atoms. The van der Waals surface area contributed by atoms with Crippen LogP contribution >= 0.6 is 11.6 Å². The number of hydrogen-bond acceptors (Lipinski definition) is 8. The number of anilines is 2. The minimum atomic E-state index is -4.04. The molecule has 0 unspecified atom stereocenters. The zero-order valence-electron chi connectivity index (χ0n) is 19.8. The molecular weight excluding hydrogens is 514 g/mol. The Labute approximate surface area is 219 Å². The van der Waals surface area contributed by atoms with Crippen LogP contribution in [0, 0.1) is 0 Å². The largest absolute Gasteiger partial charge is 0.486 e. The maximum Gasteiger partial charge on any atom is 0.236 e. The summed E-state index contributed by atoms with van der Waals surface area (Å²) in [5, 5.41) is 0.372. The molecule has 3 aromatic carbocycles. The van der Waals surface area contributed by atoms with Gasteiger partial charge in [-0.25, -0.2) is 8.42 Å². The second-order valence-corrected chi connectivity index (χ2v) is 11.1.